The number of rotatable bonds is 6. The summed E-state index contributed by atoms with van der Waals surface area (Å²) in [5.41, 5.74) is 1.52. The summed E-state index contributed by atoms with van der Waals surface area (Å²) < 4.78 is 0. The Morgan fingerprint density at radius 2 is 1.77 bits per heavy atom. The fourth-order valence-corrected chi connectivity index (χ4v) is 3.32. The number of carbonyl (C=O) groups is 3. The van der Waals surface area contributed by atoms with Crippen molar-refractivity contribution in [3.8, 4) is 0 Å². The lowest BCUT2D eigenvalue weighted by Gasteiger charge is -2.29. The van der Waals surface area contributed by atoms with Crippen molar-refractivity contribution in [2.75, 3.05) is 0 Å². The molecule has 3 N–H and O–H groups in total. The number of aryl methyl sites for hydroxylation is 1. The number of nitrogens with one attached hydrogen (secondary N) is 2. The van der Waals surface area contributed by atoms with Crippen LogP contribution in [0.4, 0.5) is 0 Å². The molecule has 1 unspecified atom stereocenters. The quantitative estimate of drug-likeness (QED) is 0.726. The zero-order valence-corrected chi connectivity index (χ0v) is 15.6. The van der Waals surface area contributed by atoms with Gasteiger partial charge in [0.25, 0.3) is 5.91 Å². The summed E-state index contributed by atoms with van der Waals surface area (Å²) in [6.07, 6.45) is 2.45. The van der Waals surface area contributed by atoms with Crippen molar-refractivity contribution in [1.82, 2.24) is 10.6 Å². The van der Waals surface area contributed by atoms with E-state index < -0.39 is 12.0 Å². The number of carboxylic acids is 1. The van der Waals surface area contributed by atoms with Crippen LogP contribution in [0, 0.1) is 18.8 Å². The highest BCUT2D eigenvalue weighted by Gasteiger charge is 2.30. The van der Waals surface area contributed by atoms with Gasteiger partial charge in [-0.05, 0) is 50.7 Å². The first kappa shape index (κ1) is 19.9. The Labute approximate surface area is 154 Å². The van der Waals surface area contributed by atoms with E-state index in [-0.39, 0.29) is 29.7 Å². The maximum absolute atomic E-state index is 12.7. The second kappa shape index (κ2) is 8.83. The minimum absolute atomic E-state index is 0.0322. The number of hydrogen-bond acceptors (Lipinski definition) is 3. The van der Waals surface area contributed by atoms with Crippen LogP contribution in [-0.2, 0) is 9.59 Å². The van der Waals surface area contributed by atoms with Gasteiger partial charge in [-0.1, -0.05) is 31.5 Å². The van der Waals surface area contributed by atoms with E-state index in [9.17, 15) is 14.4 Å². The molecular weight excluding hydrogens is 332 g/mol. The summed E-state index contributed by atoms with van der Waals surface area (Å²) >= 11 is 0. The Hall–Kier alpha value is -2.37. The largest absolute Gasteiger partial charge is 0.481 e. The molecule has 0 spiro atoms. The molecule has 0 aromatic heterocycles. The first-order valence-corrected chi connectivity index (χ1v) is 9.18. The highest BCUT2D eigenvalue weighted by atomic mass is 16.4. The van der Waals surface area contributed by atoms with Gasteiger partial charge in [0.1, 0.15) is 6.04 Å². The normalized spacial score (nSPS) is 21.1. The molecule has 0 bridgehead atoms. The van der Waals surface area contributed by atoms with E-state index >= 15 is 0 Å². The molecule has 0 saturated heterocycles. The van der Waals surface area contributed by atoms with E-state index in [1.807, 2.05) is 32.9 Å². The molecule has 26 heavy (non-hydrogen) atoms. The van der Waals surface area contributed by atoms with Gasteiger partial charge < -0.3 is 15.7 Å². The van der Waals surface area contributed by atoms with Gasteiger partial charge >= 0.3 is 5.97 Å². The van der Waals surface area contributed by atoms with E-state index in [1.165, 1.54) is 0 Å². The Bertz CT molecular complexity index is 664. The molecule has 1 atom stereocenters. The monoisotopic (exact) mass is 360 g/mol. The Morgan fingerprint density at radius 3 is 2.31 bits per heavy atom. The van der Waals surface area contributed by atoms with Crippen molar-refractivity contribution in [2.24, 2.45) is 11.8 Å². The minimum Gasteiger partial charge on any atom is -0.481 e. The van der Waals surface area contributed by atoms with Gasteiger partial charge in [-0.15, -0.1) is 0 Å². The molecule has 0 aliphatic heterocycles. The predicted octanol–water partition coefficient (Wildman–Crippen LogP) is 2.51. The number of benzene rings is 1. The third-order valence-corrected chi connectivity index (χ3v) is 4.94. The Kier molecular flexibility index (Phi) is 6.77. The summed E-state index contributed by atoms with van der Waals surface area (Å²) in [7, 11) is 0. The number of amides is 2. The average Bonchev–Trinajstić information content (AvgIpc) is 2.59. The zero-order valence-electron chi connectivity index (χ0n) is 15.6. The summed E-state index contributed by atoms with van der Waals surface area (Å²) in [4.78, 5) is 36.2. The van der Waals surface area contributed by atoms with Crippen molar-refractivity contribution in [2.45, 2.75) is 58.5 Å². The molecule has 0 heterocycles. The molecule has 1 aliphatic carbocycles. The van der Waals surface area contributed by atoms with Crippen molar-refractivity contribution in [3.05, 3.63) is 35.4 Å². The van der Waals surface area contributed by atoms with Crippen molar-refractivity contribution in [3.63, 3.8) is 0 Å². The van der Waals surface area contributed by atoms with Gasteiger partial charge in [-0.25, -0.2) is 0 Å². The SMILES string of the molecule is Cc1cccc(C(=O)NC(C(=O)NC2CCC(C(=O)O)CC2)C(C)C)c1. The molecule has 6 nitrogen and oxygen atoms in total. The third kappa shape index (κ3) is 5.31. The molecule has 2 amide bonds. The topological polar surface area (TPSA) is 95.5 Å². The molecule has 1 aromatic carbocycles. The maximum Gasteiger partial charge on any atom is 0.306 e. The Balaban J connectivity index is 1.95. The van der Waals surface area contributed by atoms with Crippen LogP contribution in [0.5, 0.6) is 0 Å². The highest BCUT2D eigenvalue weighted by molar-refractivity contribution is 5.97. The van der Waals surface area contributed by atoms with E-state index in [2.05, 4.69) is 10.6 Å². The van der Waals surface area contributed by atoms with Gasteiger partial charge in [0, 0.05) is 11.6 Å². The van der Waals surface area contributed by atoms with Crippen LogP contribution in [0.3, 0.4) is 0 Å². The molecular formula is C20H28N2O4. The van der Waals surface area contributed by atoms with Crippen LogP contribution in [0.15, 0.2) is 24.3 Å². The van der Waals surface area contributed by atoms with E-state index in [0.717, 1.165) is 5.56 Å². The highest BCUT2D eigenvalue weighted by Crippen LogP contribution is 2.24. The molecule has 2 rings (SSSR count). The lowest BCUT2D eigenvalue weighted by atomic mass is 9.86. The number of carbonyl (C=O) groups excluding carboxylic acids is 2. The van der Waals surface area contributed by atoms with Crippen molar-refractivity contribution in [1.29, 1.82) is 0 Å². The number of aliphatic carboxylic acids is 1. The van der Waals surface area contributed by atoms with Gasteiger partial charge in [0.2, 0.25) is 5.91 Å². The molecule has 1 fully saturated rings. The number of carboxylic acid groups (broad SMARTS) is 1. The third-order valence-electron chi connectivity index (χ3n) is 4.94. The molecule has 1 aromatic rings. The first-order valence-electron chi connectivity index (χ1n) is 9.18. The standard InChI is InChI=1S/C20H28N2O4/c1-12(2)17(22-18(23)15-6-4-5-13(3)11-15)19(24)21-16-9-7-14(8-10-16)20(25)26/h4-6,11-12,14,16-17H,7-10H2,1-3H3,(H,21,24)(H,22,23)(H,25,26). The number of hydrogen-bond donors (Lipinski definition) is 3. The molecule has 0 radical (unpaired) electrons. The van der Waals surface area contributed by atoms with E-state index in [4.69, 9.17) is 5.11 Å². The molecule has 1 saturated carbocycles. The van der Waals surface area contributed by atoms with Crippen LogP contribution in [0.25, 0.3) is 0 Å². The van der Waals surface area contributed by atoms with E-state index in [0.29, 0.717) is 31.2 Å². The second-order valence-electron chi connectivity index (χ2n) is 7.46. The summed E-state index contributed by atoms with van der Waals surface area (Å²) in [5, 5.41) is 14.9. The van der Waals surface area contributed by atoms with Crippen LogP contribution >= 0.6 is 0 Å². The van der Waals surface area contributed by atoms with Crippen molar-refractivity contribution < 1.29 is 19.5 Å². The van der Waals surface area contributed by atoms with Crippen LogP contribution in [0.2, 0.25) is 0 Å². The van der Waals surface area contributed by atoms with Crippen LogP contribution < -0.4 is 10.6 Å². The first-order chi connectivity index (χ1) is 12.3. The molecule has 142 valence electrons. The maximum atomic E-state index is 12.7. The van der Waals surface area contributed by atoms with Gasteiger partial charge in [-0.3, -0.25) is 14.4 Å². The second-order valence-corrected chi connectivity index (χ2v) is 7.46. The van der Waals surface area contributed by atoms with Gasteiger partial charge in [0.15, 0.2) is 0 Å². The minimum atomic E-state index is -0.764. The predicted molar refractivity (Wildman–Crippen MR) is 98.8 cm³/mol. The van der Waals surface area contributed by atoms with Gasteiger partial charge in [-0.2, -0.15) is 0 Å². The van der Waals surface area contributed by atoms with Crippen molar-refractivity contribution >= 4 is 17.8 Å². The fourth-order valence-electron chi connectivity index (χ4n) is 3.32. The summed E-state index contributed by atoms with van der Waals surface area (Å²) in [6, 6.07) is 6.59. The lowest BCUT2D eigenvalue weighted by molar-refractivity contribution is -0.142. The summed E-state index contributed by atoms with van der Waals surface area (Å²) in [5.74, 6) is -1.61. The van der Waals surface area contributed by atoms with Crippen LogP contribution in [-0.4, -0.2) is 35.0 Å². The average molecular weight is 360 g/mol. The molecule has 6 heteroatoms. The van der Waals surface area contributed by atoms with Gasteiger partial charge in [0.05, 0.1) is 5.92 Å². The lowest BCUT2D eigenvalue weighted by Crippen LogP contribution is -2.52. The van der Waals surface area contributed by atoms with Crippen LogP contribution in [0.1, 0.15) is 55.5 Å². The fraction of sp³-hybridized carbons (Fsp3) is 0.550. The smallest absolute Gasteiger partial charge is 0.306 e. The zero-order chi connectivity index (χ0) is 19.3. The Morgan fingerprint density at radius 1 is 1.12 bits per heavy atom. The van der Waals surface area contributed by atoms with E-state index in [1.54, 1.807) is 12.1 Å². The summed E-state index contributed by atoms with van der Waals surface area (Å²) in [6.45, 7) is 5.70. The molecule has 1 aliphatic rings.